The fourth-order valence-electron chi connectivity index (χ4n) is 0.631. The highest BCUT2D eigenvalue weighted by Gasteiger charge is 2.09. The van der Waals surface area contributed by atoms with E-state index >= 15 is 0 Å². The fraction of sp³-hybridized carbons (Fsp3) is 0.333. The Bertz CT molecular complexity index is 364. The quantitative estimate of drug-likeness (QED) is 0.407. The lowest BCUT2D eigenvalue weighted by Gasteiger charge is -1.93. The van der Waals surface area contributed by atoms with Crippen molar-refractivity contribution in [2.24, 2.45) is 9.98 Å². The summed E-state index contributed by atoms with van der Waals surface area (Å²) in [6.45, 7) is 5.20. The summed E-state index contributed by atoms with van der Waals surface area (Å²) in [5.74, 6) is 0. The van der Waals surface area contributed by atoms with Gasteiger partial charge in [-0.05, 0) is 6.92 Å². The minimum absolute atomic E-state index is 0.211. The number of hydrogen-bond acceptors (Lipinski definition) is 3. The third kappa shape index (κ3) is 5.42. The number of rotatable bonds is 3. The van der Waals surface area contributed by atoms with E-state index in [4.69, 9.17) is 0 Å². The maximum atomic E-state index is 11.1. The molecule has 0 aromatic carbocycles. The van der Waals surface area contributed by atoms with Crippen molar-refractivity contribution in [1.82, 2.24) is 0 Å². The average molecular weight is 214 g/mol. The van der Waals surface area contributed by atoms with Gasteiger partial charge in [0.1, 0.15) is 0 Å². The molecule has 5 heteroatoms. The number of sulfone groups is 1. The normalized spacial score (nSPS) is 14.0. The molecule has 4 nitrogen and oxygen atoms in total. The molecule has 0 bridgehead atoms. The van der Waals surface area contributed by atoms with Gasteiger partial charge in [-0.15, -0.1) is 0 Å². The molecule has 0 amide bonds. The monoisotopic (exact) mass is 214 g/mol. The summed E-state index contributed by atoms with van der Waals surface area (Å²) >= 11 is 0. The summed E-state index contributed by atoms with van der Waals surface area (Å²) in [5, 5.41) is -0.211. The molecule has 0 aromatic heterocycles. The molecule has 0 aliphatic rings. The topological polar surface area (TPSA) is 58.9 Å². The summed E-state index contributed by atoms with van der Waals surface area (Å²) in [7, 11) is -3.36. The van der Waals surface area contributed by atoms with Gasteiger partial charge in [-0.25, -0.2) is 18.4 Å². The van der Waals surface area contributed by atoms with Gasteiger partial charge in [0.05, 0.1) is 0 Å². The van der Waals surface area contributed by atoms with Crippen LogP contribution in [-0.4, -0.2) is 26.1 Å². The molecule has 0 heterocycles. The molecule has 0 radical (unpaired) electrons. The van der Waals surface area contributed by atoms with Crippen LogP contribution in [0.25, 0.3) is 0 Å². The van der Waals surface area contributed by atoms with Crippen LogP contribution < -0.4 is 0 Å². The lowest BCUT2D eigenvalue weighted by Crippen LogP contribution is -2.09. The molecule has 0 saturated heterocycles. The summed E-state index contributed by atoms with van der Waals surface area (Å²) in [5.41, 5.74) is 0. The fourth-order valence-corrected chi connectivity index (χ4v) is 1.16. The Morgan fingerprint density at radius 3 is 2.57 bits per heavy atom. The summed E-state index contributed by atoms with van der Waals surface area (Å²) in [6, 6.07) is 0. The highest BCUT2D eigenvalue weighted by Crippen LogP contribution is 1.93. The molecule has 0 aromatic rings. The molecule has 0 aliphatic carbocycles. The predicted molar refractivity (Wildman–Crippen MR) is 60.4 cm³/mol. The Morgan fingerprint density at radius 1 is 1.50 bits per heavy atom. The van der Waals surface area contributed by atoms with Gasteiger partial charge in [0.25, 0.3) is 0 Å². The average Bonchev–Trinajstić information content (AvgIpc) is 2.08. The van der Waals surface area contributed by atoms with Crippen LogP contribution in [0.2, 0.25) is 0 Å². The van der Waals surface area contributed by atoms with Gasteiger partial charge in [-0.1, -0.05) is 18.7 Å². The number of allylic oxidation sites excluding steroid dienone is 2. The van der Waals surface area contributed by atoms with E-state index in [0.717, 1.165) is 12.5 Å². The van der Waals surface area contributed by atoms with Gasteiger partial charge >= 0.3 is 0 Å². The third-order valence-corrected chi connectivity index (χ3v) is 2.09. The van der Waals surface area contributed by atoms with Crippen LogP contribution in [-0.2, 0) is 9.84 Å². The van der Waals surface area contributed by atoms with E-state index in [-0.39, 0.29) is 5.17 Å². The molecular formula is C9H14N2O2S. The molecule has 0 saturated carbocycles. The number of nitrogens with zero attached hydrogens (tertiary/aromatic N) is 2. The predicted octanol–water partition coefficient (Wildman–Crippen LogP) is 1.57. The van der Waals surface area contributed by atoms with Gasteiger partial charge in [0.15, 0.2) is 0 Å². The number of aliphatic imine (C=N–C) groups is 2. The molecule has 14 heavy (non-hydrogen) atoms. The van der Waals surface area contributed by atoms with E-state index in [1.54, 1.807) is 0 Å². The molecule has 0 atom stereocenters. The highest BCUT2D eigenvalue weighted by molar-refractivity contribution is 8.05. The van der Waals surface area contributed by atoms with Crippen molar-refractivity contribution in [2.45, 2.75) is 13.3 Å². The van der Waals surface area contributed by atoms with Crippen molar-refractivity contribution < 1.29 is 8.42 Å². The zero-order valence-electron chi connectivity index (χ0n) is 8.34. The Labute approximate surface area is 84.7 Å². The summed E-state index contributed by atoms with van der Waals surface area (Å²) < 4.78 is 22.1. The smallest absolute Gasteiger partial charge is 0.231 e. The van der Waals surface area contributed by atoms with Crippen molar-refractivity contribution in [1.29, 1.82) is 0 Å². The van der Waals surface area contributed by atoms with Crippen LogP contribution in [0.5, 0.6) is 0 Å². The van der Waals surface area contributed by atoms with Crippen molar-refractivity contribution in [3.05, 3.63) is 24.9 Å². The molecular weight excluding hydrogens is 200 g/mol. The molecule has 0 unspecified atom stereocenters. The number of hydrogen-bond donors (Lipinski definition) is 0. The van der Waals surface area contributed by atoms with Crippen molar-refractivity contribution >= 4 is 21.2 Å². The summed E-state index contributed by atoms with van der Waals surface area (Å²) in [4.78, 5) is 7.30. The van der Waals surface area contributed by atoms with Gasteiger partial charge in [-0.2, -0.15) is 0 Å². The standard InChI is InChI=1S/C9H14N2O2S/c1-4-6-7-8-11-9(10-5-2)14(3,12)13/h4-6,8H,2,7H2,1,3H3/b6-4+,10-9+,11-8+. The minimum atomic E-state index is -3.36. The van der Waals surface area contributed by atoms with Crippen LogP contribution in [0.3, 0.4) is 0 Å². The molecule has 0 N–H and O–H groups in total. The Balaban J connectivity index is 4.65. The van der Waals surface area contributed by atoms with Crippen LogP contribution in [0.1, 0.15) is 13.3 Å². The SMILES string of the molecule is C=C/N=C(\N=C\C/C=C/C)S(C)(=O)=O. The zero-order valence-corrected chi connectivity index (χ0v) is 9.16. The van der Waals surface area contributed by atoms with E-state index in [2.05, 4.69) is 16.6 Å². The lowest BCUT2D eigenvalue weighted by atomic mass is 10.4. The van der Waals surface area contributed by atoms with Gasteiger partial charge < -0.3 is 0 Å². The van der Waals surface area contributed by atoms with Crippen molar-refractivity contribution in [2.75, 3.05) is 6.26 Å². The maximum absolute atomic E-state index is 11.1. The lowest BCUT2D eigenvalue weighted by molar-refractivity contribution is 0.612. The molecule has 78 valence electrons. The highest BCUT2D eigenvalue weighted by atomic mass is 32.2. The third-order valence-electron chi connectivity index (χ3n) is 1.21. The second-order valence-corrected chi connectivity index (χ2v) is 4.39. The van der Waals surface area contributed by atoms with Crippen LogP contribution >= 0.6 is 0 Å². The largest absolute Gasteiger partial charge is 0.246 e. The van der Waals surface area contributed by atoms with E-state index in [0.29, 0.717) is 6.42 Å². The van der Waals surface area contributed by atoms with Crippen LogP contribution in [0, 0.1) is 0 Å². The molecule has 0 rings (SSSR count). The molecule has 0 aliphatic heterocycles. The number of amidine groups is 1. The molecule has 0 spiro atoms. The van der Waals surface area contributed by atoms with Gasteiger partial charge in [0, 0.05) is 25.1 Å². The van der Waals surface area contributed by atoms with E-state index in [9.17, 15) is 8.42 Å². The van der Waals surface area contributed by atoms with E-state index in [1.165, 1.54) is 6.21 Å². The van der Waals surface area contributed by atoms with Crippen molar-refractivity contribution in [3.63, 3.8) is 0 Å². The second-order valence-electron chi connectivity index (χ2n) is 2.48. The maximum Gasteiger partial charge on any atom is 0.246 e. The van der Waals surface area contributed by atoms with E-state index in [1.807, 2.05) is 19.1 Å². The van der Waals surface area contributed by atoms with Crippen molar-refractivity contribution in [3.8, 4) is 0 Å². The molecule has 0 fully saturated rings. The second kappa shape index (κ2) is 6.26. The van der Waals surface area contributed by atoms with Crippen LogP contribution in [0.15, 0.2) is 34.9 Å². The Morgan fingerprint density at radius 2 is 2.14 bits per heavy atom. The van der Waals surface area contributed by atoms with Gasteiger partial charge in [0.2, 0.25) is 15.0 Å². The first-order chi connectivity index (χ1) is 6.52. The first-order valence-corrected chi connectivity index (χ1v) is 5.94. The first kappa shape index (κ1) is 12.8. The van der Waals surface area contributed by atoms with Crippen LogP contribution in [0.4, 0.5) is 0 Å². The van der Waals surface area contributed by atoms with Gasteiger partial charge in [-0.3, -0.25) is 0 Å². The summed E-state index contributed by atoms with van der Waals surface area (Å²) in [6.07, 6.45) is 8.01. The van der Waals surface area contributed by atoms with E-state index < -0.39 is 9.84 Å². The Hall–Kier alpha value is -1.23. The zero-order chi connectivity index (χ0) is 11.0. The Kier molecular flexibility index (Phi) is 5.71. The minimum Gasteiger partial charge on any atom is -0.231 e. The first-order valence-electron chi connectivity index (χ1n) is 4.04.